The number of guanidine groups is 1. The molecule has 0 spiro atoms. The van der Waals surface area contributed by atoms with Gasteiger partial charge in [0.1, 0.15) is 18.1 Å². The average molecular weight is 560 g/mol. The van der Waals surface area contributed by atoms with Gasteiger partial charge in [0.25, 0.3) is 0 Å². The maximum atomic E-state index is 5.54. The first kappa shape index (κ1) is 24.9. The molecule has 1 atom stereocenters. The van der Waals surface area contributed by atoms with Gasteiger partial charge in [-0.05, 0) is 31.0 Å². The number of halogens is 1. The molecule has 2 aromatic carbocycles. The van der Waals surface area contributed by atoms with Crippen LogP contribution in [-0.4, -0.2) is 48.3 Å². The number of nitrogens with one attached hydrogen (secondary N) is 2. The highest BCUT2D eigenvalue weighted by atomic mass is 127. The Morgan fingerprint density at radius 2 is 1.94 bits per heavy atom. The predicted octanol–water partition coefficient (Wildman–Crippen LogP) is 3.89. The summed E-state index contributed by atoms with van der Waals surface area (Å²) in [7, 11) is 1.72. The van der Waals surface area contributed by atoms with Gasteiger partial charge in [-0.2, -0.15) is 0 Å². The van der Waals surface area contributed by atoms with E-state index in [1.165, 1.54) is 5.56 Å². The minimum Gasteiger partial charge on any atom is -0.495 e. The van der Waals surface area contributed by atoms with Crippen molar-refractivity contribution >= 4 is 35.6 Å². The molecule has 1 aliphatic heterocycles. The second kappa shape index (κ2) is 12.5. The van der Waals surface area contributed by atoms with E-state index in [0.29, 0.717) is 12.6 Å². The van der Waals surface area contributed by atoms with E-state index < -0.39 is 0 Å². The molecule has 1 saturated heterocycles. The SMILES string of the molecule is CCNC(=NCc1nccn1Cc1ccccc1)NC1CCN(c2ccccc2OC)C1.I. The molecule has 2 heterocycles. The van der Waals surface area contributed by atoms with E-state index in [4.69, 9.17) is 9.73 Å². The number of para-hydroxylation sites is 2. The molecule has 0 saturated carbocycles. The van der Waals surface area contributed by atoms with Gasteiger partial charge in [0.15, 0.2) is 5.96 Å². The zero-order valence-electron chi connectivity index (χ0n) is 19.3. The average Bonchev–Trinajstić information content (AvgIpc) is 3.48. The molecule has 2 N–H and O–H groups in total. The third-order valence-corrected chi connectivity index (χ3v) is 5.68. The molecule has 33 heavy (non-hydrogen) atoms. The molecule has 3 aromatic rings. The summed E-state index contributed by atoms with van der Waals surface area (Å²) in [5.74, 6) is 2.70. The Hall–Kier alpha value is -2.75. The summed E-state index contributed by atoms with van der Waals surface area (Å²) in [6, 6.07) is 18.9. The van der Waals surface area contributed by atoms with Crippen LogP contribution in [0.2, 0.25) is 0 Å². The van der Waals surface area contributed by atoms with Crippen molar-refractivity contribution < 1.29 is 4.74 Å². The number of anilines is 1. The van der Waals surface area contributed by atoms with Crippen LogP contribution in [-0.2, 0) is 13.1 Å². The molecule has 1 unspecified atom stereocenters. The molecule has 1 aliphatic rings. The van der Waals surface area contributed by atoms with Gasteiger partial charge in [-0.25, -0.2) is 9.98 Å². The van der Waals surface area contributed by atoms with Gasteiger partial charge in [-0.3, -0.25) is 0 Å². The van der Waals surface area contributed by atoms with Crippen molar-refractivity contribution in [2.24, 2.45) is 4.99 Å². The van der Waals surface area contributed by atoms with Crippen molar-refractivity contribution in [3.05, 3.63) is 78.4 Å². The number of ether oxygens (including phenoxy) is 1. The monoisotopic (exact) mass is 560 g/mol. The summed E-state index contributed by atoms with van der Waals surface area (Å²) in [5.41, 5.74) is 2.40. The molecular formula is C25H33IN6O. The van der Waals surface area contributed by atoms with Crippen LogP contribution < -0.4 is 20.3 Å². The van der Waals surface area contributed by atoms with Crippen molar-refractivity contribution in [3.63, 3.8) is 0 Å². The van der Waals surface area contributed by atoms with Gasteiger partial charge in [0.2, 0.25) is 0 Å². The lowest BCUT2D eigenvalue weighted by atomic mass is 10.2. The molecule has 0 radical (unpaired) electrons. The zero-order valence-corrected chi connectivity index (χ0v) is 21.6. The summed E-state index contributed by atoms with van der Waals surface area (Å²) in [6.45, 7) is 6.12. The smallest absolute Gasteiger partial charge is 0.191 e. The Morgan fingerprint density at radius 1 is 1.15 bits per heavy atom. The summed E-state index contributed by atoms with van der Waals surface area (Å²) in [6.07, 6.45) is 4.90. The maximum Gasteiger partial charge on any atom is 0.191 e. The largest absolute Gasteiger partial charge is 0.495 e. The Balaban J connectivity index is 0.00000306. The van der Waals surface area contributed by atoms with Gasteiger partial charge in [-0.15, -0.1) is 24.0 Å². The van der Waals surface area contributed by atoms with Crippen LogP contribution in [0.4, 0.5) is 5.69 Å². The lowest BCUT2D eigenvalue weighted by molar-refractivity contribution is 0.415. The maximum absolute atomic E-state index is 5.54. The van der Waals surface area contributed by atoms with Crippen LogP contribution in [0.3, 0.4) is 0 Å². The lowest BCUT2D eigenvalue weighted by Crippen LogP contribution is -2.44. The predicted molar refractivity (Wildman–Crippen MR) is 145 cm³/mol. The normalized spacial score (nSPS) is 15.8. The molecule has 1 fully saturated rings. The van der Waals surface area contributed by atoms with Gasteiger partial charge in [0, 0.05) is 44.6 Å². The minimum absolute atomic E-state index is 0. The number of aliphatic imine (C=N–C) groups is 1. The summed E-state index contributed by atoms with van der Waals surface area (Å²) in [4.78, 5) is 11.7. The van der Waals surface area contributed by atoms with E-state index in [2.05, 4.69) is 68.4 Å². The highest BCUT2D eigenvalue weighted by Crippen LogP contribution is 2.30. The Morgan fingerprint density at radius 3 is 2.73 bits per heavy atom. The van der Waals surface area contributed by atoms with Crippen LogP contribution in [0.1, 0.15) is 24.7 Å². The number of rotatable bonds is 8. The topological polar surface area (TPSA) is 66.7 Å². The molecule has 4 rings (SSSR count). The number of imidazole rings is 1. The summed E-state index contributed by atoms with van der Waals surface area (Å²) in [5, 5.41) is 6.98. The third kappa shape index (κ3) is 6.63. The number of benzene rings is 2. The molecular weight excluding hydrogens is 527 g/mol. The molecule has 8 heteroatoms. The Labute approximate surface area is 213 Å². The van der Waals surface area contributed by atoms with Crippen LogP contribution >= 0.6 is 24.0 Å². The summed E-state index contributed by atoms with van der Waals surface area (Å²) >= 11 is 0. The lowest BCUT2D eigenvalue weighted by Gasteiger charge is -2.22. The van der Waals surface area contributed by atoms with Crippen molar-refractivity contribution in [1.29, 1.82) is 0 Å². The van der Waals surface area contributed by atoms with Crippen molar-refractivity contribution in [3.8, 4) is 5.75 Å². The van der Waals surface area contributed by atoms with Gasteiger partial charge < -0.3 is 24.8 Å². The van der Waals surface area contributed by atoms with Crippen LogP contribution in [0, 0.1) is 0 Å². The van der Waals surface area contributed by atoms with Crippen LogP contribution in [0.15, 0.2) is 72.0 Å². The molecule has 0 amide bonds. The van der Waals surface area contributed by atoms with Crippen molar-refractivity contribution in [2.75, 3.05) is 31.6 Å². The van der Waals surface area contributed by atoms with Crippen molar-refractivity contribution in [2.45, 2.75) is 32.5 Å². The Kier molecular flexibility index (Phi) is 9.41. The highest BCUT2D eigenvalue weighted by Gasteiger charge is 2.25. The molecule has 1 aromatic heterocycles. The van der Waals surface area contributed by atoms with E-state index in [-0.39, 0.29) is 24.0 Å². The van der Waals surface area contributed by atoms with Crippen LogP contribution in [0.25, 0.3) is 0 Å². The fourth-order valence-electron chi connectivity index (χ4n) is 4.07. The quantitative estimate of drug-likeness (QED) is 0.249. The van der Waals surface area contributed by atoms with E-state index in [9.17, 15) is 0 Å². The highest BCUT2D eigenvalue weighted by molar-refractivity contribution is 14.0. The summed E-state index contributed by atoms with van der Waals surface area (Å²) < 4.78 is 7.69. The fourth-order valence-corrected chi connectivity index (χ4v) is 4.07. The van der Waals surface area contributed by atoms with E-state index in [1.54, 1.807) is 7.11 Å². The van der Waals surface area contributed by atoms with Gasteiger partial charge >= 0.3 is 0 Å². The molecule has 0 aliphatic carbocycles. The standard InChI is InChI=1S/C25H32N6O.HI/c1-3-26-25(28-17-24-27-14-16-31(24)18-20-9-5-4-6-10-20)29-21-13-15-30(19-21)22-11-7-8-12-23(22)32-2;/h4-12,14,16,21H,3,13,15,17-19H2,1-2H3,(H2,26,28,29);1H. The molecule has 7 nitrogen and oxygen atoms in total. The van der Waals surface area contributed by atoms with E-state index in [1.807, 2.05) is 30.6 Å². The fraction of sp³-hybridized carbons (Fsp3) is 0.360. The number of nitrogens with zero attached hydrogens (tertiary/aromatic N) is 4. The van der Waals surface area contributed by atoms with Crippen molar-refractivity contribution in [1.82, 2.24) is 20.2 Å². The van der Waals surface area contributed by atoms with Crippen LogP contribution in [0.5, 0.6) is 5.75 Å². The number of methoxy groups -OCH3 is 1. The Bertz CT molecular complexity index is 1020. The first-order chi connectivity index (χ1) is 15.8. The first-order valence-corrected chi connectivity index (χ1v) is 11.2. The third-order valence-electron chi connectivity index (χ3n) is 5.68. The van der Waals surface area contributed by atoms with E-state index in [0.717, 1.165) is 55.8 Å². The second-order valence-corrected chi connectivity index (χ2v) is 7.90. The second-order valence-electron chi connectivity index (χ2n) is 7.90. The minimum atomic E-state index is 0. The zero-order chi connectivity index (χ0) is 22.2. The van der Waals surface area contributed by atoms with Gasteiger partial charge in [-0.1, -0.05) is 42.5 Å². The number of hydrogen-bond donors (Lipinski definition) is 2. The first-order valence-electron chi connectivity index (χ1n) is 11.2. The molecule has 0 bridgehead atoms. The van der Waals surface area contributed by atoms with Gasteiger partial charge in [0.05, 0.1) is 12.8 Å². The number of hydrogen-bond acceptors (Lipinski definition) is 4. The molecule has 176 valence electrons. The number of aromatic nitrogens is 2. The van der Waals surface area contributed by atoms with E-state index >= 15 is 0 Å².